The summed E-state index contributed by atoms with van der Waals surface area (Å²) in [6.45, 7) is 7.60. The number of nitrogens with zero attached hydrogens (tertiary/aromatic N) is 2. The molecule has 3 aromatic rings. The molecular weight excluding hydrogens is 577 g/mol. The maximum absolute atomic E-state index is 13.8. The van der Waals surface area contributed by atoms with E-state index in [4.69, 9.17) is 9.47 Å². The van der Waals surface area contributed by atoms with Crippen LogP contribution in [0.4, 0.5) is 13.2 Å². The van der Waals surface area contributed by atoms with Crippen molar-refractivity contribution in [3.63, 3.8) is 0 Å². The van der Waals surface area contributed by atoms with E-state index in [9.17, 15) is 27.6 Å². The first-order valence-electron chi connectivity index (χ1n) is 11.4. The Bertz CT molecular complexity index is 1420. The predicted octanol–water partition coefficient (Wildman–Crippen LogP) is 5.69. The van der Waals surface area contributed by atoms with Gasteiger partial charge >= 0.3 is 17.8 Å². The van der Waals surface area contributed by atoms with Gasteiger partial charge in [0.25, 0.3) is 5.56 Å². The maximum atomic E-state index is 13.8. The van der Waals surface area contributed by atoms with Gasteiger partial charge in [0.15, 0.2) is 0 Å². The first-order chi connectivity index (χ1) is 16.9. The van der Waals surface area contributed by atoms with Crippen LogP contribution in [0.2, 0.25) is 0 Å². The minimum absolute atomic E-state index is 0.177. The first kappa shape index (κ1) is 29.1. The van der Waals surface area contributed by atoms with E-state index in [2.05, 4.69) is 15.9 Å². The zero-order valence-electron chi connectivity index (χ0n) is 21.2. The maximum Gasteiger partial charge on any atom is 0.411 e. The van der Waals surface area contributed by atoms with Gasteiger partial charge in [0.1, 0.15) is 28.7 Å². The average molecular weight is 605 g/mol. The molecule has 0 radical (unpaired) electrons. The van der Waals surface area contributed by atoms with Gasteiger partial charge in [-0.25, -0.2) is 14.2 Å². The minimum Gasteiger partial charge on any atom is -0.458 e. The number of carbonyl (C=O) groups excluding carboxylic acids is 1. The molecule has 0 spiro atoms. The summed E-state index contributed by atoms with van der Waals surface area (Å²) in [6, 6.07) is 8.20. The van der Waals surface area contributed by atoms with Crippen molar-refractivity contribution in [2.75, 3.05) is 6.61 Å². The Morgan fingerprint density at radius 3 is 2.22 bits per heavy atom. The highest BCUT2D eigenvalue weighted by molar-refractivity contribution is 9.11. The number of ether oxygens (including phenoxy) is 2. The Balaban J connectivity index is 2.26. The minimum atomic E-state index is -4.59. The van der Waals surface area contributed by atoms with E-state index in [1.165, 1.54) is 18.4 Å². The lowest BCUT2D eigenvalue weighted by molar-refractivity contribution is -0.187. The third-order valence-electron chi connectivity index (χ3n) is 5.58. The Kier molecular flexibility index (Phi) is 8.17. The zero-order valence-corrected chi connectivity index (χ0v) is 23.6. The molecule has 0 saturated carbocycles. The van der Waals surface area contributed by atoms with Crippen LogP contribution in [0.3, 0.4) is 0 Å². The number of aryl methyl sites for hydroxylation is 1. The third kappa shape index (κ3) is 6.35. The van der Waals surface area contributed by atoms with E-state index >= 15 is 0 Å². The van der Waals surface area contributed by atoms with Gasteiger partial charge in [0.2, 0.25) is 0 Å². The number of halogens is 4. The van der Waals surface area contributed by atoms with Crippen molar-refractivity contribution in [3.05, 3.63) is 66.1 Å². The summed E-state index contributed by atoms with van der Waals surface area (Å²) >= 11 is 4.50. The van der Waals surface area contributed by atoms with Crippen LogP contribution in [0.5, 0.6) is 0 Å². The monoisotopic (exact) mass is 604 g/mol. The SMILES string of the molecule is Cc1c(Br)sc2c1c(=O)n(C(C)(C)C(=O)OC(C)(C)C)c(=O)n2CC(OCC(F)(F)F)c1ccccc1. The van der Waals surface area contributed by atoms with Crippen molar-refractivity contribution in [1.29, 1.82) is 0 Å². The molecule has 0 amide bonds. The van der Waals surface area contributed by atoms with Gasteiger partial charge in [0, 0.05) is 0 Å². The molecule has 37 heavy (non-hydrogen) atoms. The number of esters is 1. The fourth-order valence-corrected chi connectivity index (χ4v) is 5.44. The summed E-state index contributed by atoms with van der Waals surface area (Å²) in [5, 5.41) is 0.177. The Morgan fingerprint density at radius 1 is 1.08 bits per heavy atom. The Morgan fingerprint density at radius 2 is 1.68 bits per heavy atom. The lowest BCUT2D eigenvalue weighted by Crippen LogP contribution is -2.54. The predicted molar refractivity (Wildman–Crippen MR) is 139 cm³/mol. The van der Waals surface area contributed by atoms with Gasteiger partial charge in [-0.15, -0.1) is 11.3 Å². The number of rotatable bonds is 7. The molecule has 0 saturated heterocycles. The smallest absolute Gasteiger partial charge is 0.411 e. The molecule has 12 heteroatoms. The average Bonchev–Trinajstić information content (AvgIpc) is 3.06. The number of hydrogen-bond donors (Lipinski definition) is 0. The Hall–Kier alpha value is -2.44. The van der Waals surface area contributed by atoms with Crippen molar-refractivity contribution >= 4 is 43.5 Å². The zero-order chi connectivity index (χ0) is 27.9. The summed E-state index contributed by atoms with van der Waals surface area (Å²) in [4.78, 5) is 40.8. The second kappa shape index (κ2) is 10.4. The Labute approximate surface area is 223 Å². The molecule has 1 atom stereocenters. The van der Waals surface area contributed by atoms with Gasteiger partial charge in [-0.3, -0.25) is 9.36 Å². The van der Waals surface area contributed by atoms with Crippen LogP contribution in [-0.4, -0.2) is 33.5 Å². The number of aromatic nitrogens is 2. The van der Waals surface area contributed by atoms with Crippen LogP contribution in [0.25, 0.3) is 10.2 Å². The molecule has 202 valence electrons. The molecule has 0 aliphatic heterocycles. The molecule has 0 fully saturated rings. The van der Waals surface area contributed by atoms with Gasteiger partial charge in [-0.2, -0.15) is 13.2 Å². The van der Waals surface area contributed by atoms with E-state index in [0.29, 0.717) is 14.9 Å². The van der Waals surface area contributed by atoms with Crippen molar-refractivity contribution in [2.45, 2.75) is 71.5 Å². The number of thiophene rings is 1. The number of benzene rings is 1. The molecule has 7 nitrogen and oxygen atoms in total. The highest BCUT2D eigenvalue weighted by Crippen LogP contribution is 2.34. The van der Waals surface area contributed by atoms with Gasteiger partial charge in [0.05, 0.1) is 15.7 Å². The summed E-state index contributed by atoms with van der Waals surface area (Å²) in [6.07, 6.45) is -5.76. The second-order valence-electron chi connectivity index (χ2n) is 10.1. The molecule has 0 aliphatic carbocycles. The van der Waals surface area contributed by atoms with Crippen LogP contribution >= 0.6 is 27.3 Å². The molecule has 0 bridgehead atoms. The number of hydrogen-bond acceptors (Lipinski definition) is 6. The second-order valence-corrected chi connectivity index (χ2v) is 12.4. The molecule has 1 unspecified atom stereocenters. The number of fused-ring (bicyclic) bond motifs is 1. The van der Waals surface area contributed by atoms with Crippen LogP contribution < -0.4 is 11.2 Å². The molecule has 0 N–H and O–H groups in total. The highest BCUT2D eigenvalue weighted by Gasteiger charge is 2.39. The van der Waals surface area contributed by atoms with Gasteiger partial charge in [-0.05, 0) is 68.6 Å². The quantitative estimate of drug-likeness (QED) is 0.324. The largest absolute Gasteiger partial charge is 0.458 e. The van der Waals surface area contributed by atoms with E-state index in [1.807, 2.05) is 0 Å². The van der Waals surface area contributed by atoms with E-state index < -0.39 is 47.2 Å². The molecule has 0 aliphatic rings. The topological polar surface area (TPSA) is 79.5 Å². The van der Waals surface area contributed by atoms with Crippen molar-refractivity contribution < 1.29 is 27.4 Å². The number of carbonyl (C=O) groups is 1. The molecule has 1 aromatic carbocycles. The fourth-order valence-electron chi connectivity index (χ4n) is 3.75. The summed E-state index contributed by atoms with van der Waals surface area (Å²) < 4.78 is 52.5. The molecule has 2 heterocycles. The fraction of sp³-hybridized carbons (Fsp3) is 0.480. The summed E-state index contributed by atoms with van der Waals surface area (Å²) in [5.74, 6) is -0.801. The highest BCUT2D eigenvalue weighted by atomic mass is 79.9. The molecule has 2 aromatic heterocycles. The van der Waals surface area contributed by atoms with Crippen LogP contribution in [0.1, 0.15) is 51.8 Å². The van der Waals surface area contributed by atoms with Gasteiger partial charge < -0.3 is 9.47 Å². The van der Waals surface area contributed by atoms with Crippen LogP contribution in [0.15, 0.2) is 43.7 Å². The lowest BCUT2D eigenvalue weighted by Gasteiger charge is -2.30. The van der Waals surface area contributed by atoms with Crippen molar-refractivity contribution in [3.8, 4) is 0 Å². The van der Waals surface area contributed by atoms with Crippen molar-refractivity contribution in [2.24, 2.45) is 0 Å². The third-order valence-corrected chi connectivity index (χ3v) is 7.76. The van der Waals surface area contributed by atoms with Crippen LogP contribution in [-0.2, 0) is 26.4 Å². The normalized spacial score (nSPS) is 13.7. The van der Waals surface area contributed by atoms with Crippen LogP contribution in [0, 0.1) is 6.92 Å². The van der Waals surface area contributed by atoms with E-state index in [-0.39, 0.29) is 16.8 Å². The van der Waals surface area contributed by atoms with E-state index in [1.54, 1.807) is 58.0 Å². The summed E-state index contributed by atoms with van der Waals surface area (Å²) in [7, 11) is 0. The van der Waals surface area contributed by atoms with Gasteiger partial charge in [-0.1, -0.05) is 30.3 Å². The first-order valence-corrected chi connectivity index (χ1v) is 13.0. The molecule has 3 rings (SSSR count). The number of alkyl halides is 3. The molecular formula is C25H28BrF3N2O5S. The standard InChI is InChI=1S/C25H28BrF3N2O5S/c1-14-17-19(32)31(24(5,6)21(33)36-23(2,3)4)22(34)30(20(17)37-18(14)26)12-16(35-13-25(27,28)29)15-10-8-7-9-11-15/h7-11,16H,12-13H2,1-6H3. The summed E-state index contributed by atoms with van der Waals surface area (Å²) in [5.41, 5.74) is -3.19. The van der Waals surface area contributed by atoms with E-state index in [0.717, 1.165) is 15.9 Å². The van der Waals surface area contributed by atoms with Crippen molar-refractivity contribution in [1.82, 2.24) is 9.13 Å². The lowest BCUT2D eigenvalue weighted by atomic mass is 10.0.